The summed E-state index contributed by atoms with van der Waals surface area (Å²) in [4.78, 5) is 2.00. The fourth-order valence-corrected chi connectivity index (χ4v) is 2.42. The zero-order valence-corrected chi connectivity index (χ0v) is 8.10. The summed E-state index contributed by atoms with van der Waals surface area (Å²) in [6.45, 7) is 2.71. The standard InChI is InChI=1S/C10H17F2N/c1-2-9(8-3-4-8)13-6-5-10(11,12)7-13/h8-9H,2-7H2,1H3. The van der Waals surface area contributed by atoms with Crippen LogP contribution in [0.3, 0.4) is 0 Å². The Labute approximate surface area is 78.1 Å². The fourth-order valence-electron chi connectivity index (χ4n) is 2.42. The van der Waals surface area contributed by atoms with Crippen molar-refractivity contribution >= 4 is 0 Å². The third-order valence-electron chi connectivity index (χ3n) is 3.25. The molecular formula is C10H17F2N. The van der Waals surface area contributed by atoms with Gasteiger partial charge in [-0.1, -0.05) is 6.92 Å². The van der Waals surface area contributed by atoms with Gasteiger partial charge in [0, 0.05) is 19.0 Å². The van der Waals surface area contributed by atoms with Crippen molar-refractivity contribution in [3.8, 4) is 0 Å². The molecule has 0 N–H and O–H groups in total. The maximum absolute atomic E-state index is 12.9. The van der Waals surface area contributed by atoms with Crippen molar-refractivity contribution in [1.29, 1.82) is 0 Å². The van der Waals surface area contributed by atoms with Gasteiger partial charge in [0.25, 0.3) is 5.92 Å². The lowest BCUT2D eigenvalue weighted by Crippen LogP contribution is -2.36. The molecule has 0 aromatic heterocycles. The lowest BCUT2D eigenvalue weighted by molar-refractivity contribution is 0.00615. The molecular weight excluding hydrogens is 172 g/mol. The first-order chi connectivity index (χ1) is 6.12. The van der Waals surface area contributed by atoms with Crippen molar-refractivity contribution in [1.82, 2.24) is 4.90 Å². The second-order valence-corrected chi connectivity index (χ2v) is 4.39. The number of nitrogens with zero attached hydrogens (tertiary/aromatic N) is 1. The summed E-state index contributed by atoms with van der Waals surface area (Å²) in [5.41, 5.74) is 0. The Bertz CT molecular complexity index is 189. The van der Waals surface area contributed by atoms with E-state index in [1.165, 1.54) is 12.8 Å². The van der Waals surface area contributed by atoms with Crippen molar-refractivity contribution in [3.05, 3.63) is 0 Å². The van der Waals surface area contributed by atoms with Crippen LogP contribution in [-0.2, 0) is 0 Å². The minimum atomic E-state index is -2.41. The number of likely N-dealkylation sites (tertiary alicyclic amines) is 1. The highest BCUT2D eigenvalue weighted by atomic mass is 19.3. The van der Waals surface area contributed by atoms with E-state index < -0.39 is 5.92 Å². The van der Waals surface area contributed by atoms with Crippen LogP contribution < -0.4 is 0 Å². The van der Waals surface area contributed by atoms with Crippen molar-refractivity contribution in [2.45, 2.75) is 44.6 Å². The quantitative estimate of drug-likeness (QED) is 0.659. The molecule has 0 bridgehead atoms. The molecule has 76 valence electrons. The van der Waals surface area contributed by atoms with Gasteiger partial charge < -0.3 is 0 Å². The molecule has 1 saturated carbocycles. The van der Waals surface area contributed by atoms with E-state index in [1.807, 2.05) is 4.90 Å². The van der Waals surface area contributed by atoms with Crippen LogP contribution >= 0.6 is 0 Å². The van der Waals surface area contributed by atoms with Crippen LogP contribution in [0.5, 0.6) is 0 Å². The molecule has 0 radical (unpaired) electrons. The van der Waals surface area contributed by atoms with E-state index in [0.29, 0.717) is 12.6 Å². The van der Waals surface area contributed by atoms with E-state index >= 15 is 0 Å². The van der Waals surface area contributed by atoms with Gasteiger partial charge in [-0.2, -0.15) is 0 Å². The normalized spacial score (nSPS) is 30.7. The van der Waals surface area contributed by atoms with Crippen LogP contribution in [0, 0.1) is 5.92 Å². The van der Waals surface area contributed by atoms with Gasteiger partial charge in [-0.05, 0) is 25.2 Å². The average Bonchev–Trinajstić information content (AvgIpc) is 2.80. The van der Waals surface area contributed by atoms with E-state index in [1.54, 1.807) is 0 Å². The zero-order chi connectivity index (χ0) is 9.47. The molecule has 0 aromatic carbocycles. The predicted octanol–water partition coefficient (Wildman–Crippen LogP) is 2.52. The molecule has 0 spiro atoms. The average molecular weight is 189 g/mol. The van der Waals surface area contributed by atoms with E-state index in [-0.39, 0.29) is 13.0 Å². The lowest BCUT2D eigenvalue weighted by atomic mass is 10.1. The Morgan fingerprint density at radius 1 is 1.46 bits per heavy atom. The van der Waals surface area contributed by atoms with Crippen molar-refractivity contribution < 1.29 is 8.78 Å². The van der Waals surface area contributed by atoms with Gasteiger partial charge in [0.15, 0.2) is 0 Å². The molecule has 1 unspecified atom stereocenters. The van der Waals surface area contributed by atoms with Gasteiger partial charge in [0.2, 0.25) is 0 Å². The molecule has 2 fully saturated rings. The van der Waals surface area contributed by atoms with Gasteiger partial charge in [0.05, 0.1) is 6.54 Å². The largest absolute Gasteiger partial charge is 0.294 e. The van der Waals surface area contributed by atoms with Gasteiger partial charge in [0.1, 0.15) is 0 Å². The van der Waals surface area contributed by atoms with Crippen molar-refractivity contribution in [3.63, 3.8) is 0 Å². The summed E-state index contributed by atoms with van der Waals surface area (Å²) in [5.74, 6) is -1.69. The molecule has 13 heavy (non-hydrogen) atoms. The van der Waals surface area contributed by atoms with E-state index in [2.05, 4.69) is 6.92 Å². The summed E-state index contributed by atoms with van der Waals surface area (Å²) in [5, 5.41) is 0. The smallest absolute Gasteiger partial charge is 0.261 e. The SMILES string of the molecule is CCC(C1CC1)N1CCC(F)(F)C1. The molecule has 0 aromatic rings. The third-order valence-corrected chi connectivity index (χ3v) is 3.25. The topological polar surface area (TPSA) is 3.24 Å². The first-order valence-electron chi connectivity index (χ1n) is 5.24. The fraction of sp³-hybridized carbons (Fsp3) is 1.00. The highest BCUT2D eigenvalue weighted by Gasteiger charge is 2.44. The highest BCUT2D eigenvalue weighted by molar-refractivity contribution is 4.92. The molecule has 1 heterocycles. The van der Waals surface area contributed by atoms with Gasteiger partial charge in [-0.25, -0.2) is 8.78 Å². The number of halogens is 2. The van der Waals surface area contributed by atoms with Gasteiger partial charge >= 0.3 is 0 Å². The maximum atomic E-state index is 12.9. The van der Waals surface area contributed by atoms with Crippen molar-refractivity contribution in [2.75, 3.05) is 13.1 Å². The number of hydrogen-bond acceptors (Lipinski definition) is 1. The van der Waals surface area contributed by atoms with Crippen LogP contribution in [0.15, 0.2) is 0 Å². The molecule has 2 rings (SSSR count). The predicted molar refractivity (Wildman–Crippen MR) is 47.9 cm³/mol. The highest BCUT2D eigenvalue weighted by Crippen LogP contribution is 2.40. The molecule has 3 heteroatoms. The number of alkyl halides is 2. The van der Waals surface area contributed by atoms with Crippen LogP contribution in [0.1, 0.15) is 32.6 Å². The molecule has 1 aliphatic heterocycles. The second-order valence-electron chi connectivity index (χ2n) is 4.39. The molecule has 1 atom stereocenters. The molecule has 2 aliphatic rings. The summed E-state index contributed by atoms with van der Waals surface area (Å²) < 4.78 is 25.9. The lowest BCUT2D eigenvalue weighted by Gasteiger charge is -2.26. The first kappa shape index (κ1) is 9.38. The van der Waals surface area contributed by atoms with Crippen LogP contribution in [0.2, 0.25) is 0 Å². The number of rotatable bonds is 3. The Morgan fingerprint density at radius 2 is 2.15 bits per heavy atom. The summed E-state index contributed by atoms with van der Waals surface area (Å²) in [7, 11) is 0. The Balaban J connectivity index is 1.93. The summed E-state index contributed by atoms with van der Waals surface area (Å²) >= 11 is 0. The summed E-state index contributed by atoms with van der Waals surface area (Å²) in [6.07, 6.45) is 3.60. The minimum absolute atomic E-state index is 0.00199. The zero-order valence-electron chi connectivity index (χ0n) is 8.10. The molecule has 1 nitrogen and oxygen atoms in total. The Kier molecular flexibility index (Phi) is 2.30. The third kappa shape index (κ3) is 2.01. The van der Waals surface area contributed by atoms with Crippen LogP contribution in [-0.4, -0.2) is 30.0 Å². The van der Waals surface area contributed by atoms with E-state index in [9.17, 15) is 8.78 Å². The molecule has 1 saturated heterocycles. The first-order valence-corrected chi connectivity index (χ1v) is 5.24. The minimum Gasteiger partial charge on any atom is -0.294 e. The van der Waals surface area contributed by atoms with E-state index in [0.717, 1.165) is 12.3 Å². The monoisotopic (exact) mass is 189 g/mol. The number of hydrogen-bond donors (Lipinski definition) is 0. The van der Waals surface area contributed by atoms with Crippen LogP contribution in [0.25, 0.3) is 0 Å². The Morgan fingerprint density at radius 3 is 2.54 bits per heavy atom. The van der Waals surface area contributed by atoms with Crippen LogP contribution in [0.4, 0.5) is 8.78 Å². The Hall–Kier alpha value is -0.180. The molecule has 1 aliphatic carbocycles. The summed E-state index contributed by atoms with van der Waals surface area (Å²) in [6, 6.07) is 0.438. The van der Waals surface area contributed by atoms with Gasteiger partial charge in [-0.3, -0.25) is 4.90 Å². The molecule has 0 amide bonds. The second kappa shape index (κ2) is 3.19. The van der Waals surface area contributed by atoms with Crippen molar-refractivity contribution in [2.24, 2.45) is 5.92 Å². The maximum Gasteiger partial charge on any atom is 0.261 e. The van der Waals surface area contributed by atoms with E-state index in [4.69, 9.17) is 0 Å². The van der Waals surface area contributed by atoms with Gasteiger partial charge in [-0.15, -0.1) is 0 Å².